The molecule has 0 amide bonds. The molecule has 0 spiro atoms. The zero-order valence-corrected chi connectivity index (χ0v) is 12.4. The third-order valence-electron chi connectivity index (χ3n) is 3.08. The van der Waals surface area contributed by atoms with Crippen molar-refractivity contribution in [2.75, 3.05) is 0 Å². The van der Waals surface area contributed by atoms with E-state index in [4.69, 9.17) is 5.73 Å². The average molecular weight is 297 g/mol. The van der Waals surface area contributed by atoms with Gasteiger partial charge in [0.2, 0.25) is 5.13 Å². The number of aryl methyl sites for hydroxylation is 1. The Kier molecular flexibility index (Phi) is 3.89. The Morgan fingerprint density at radius 3 is 2.71 bits per heavy atom. The van der Waals surface area contributed by atoms with Gasteiger partial charge in [0.1, 0.15) is 5.69 Å². The predicted octanol–water partition coefficient (Wildman–Crippen LogP) is 2.66. The number of aromatic nitrogens is 4. The molecule has 3 aromatic rings. The minimum absolute atomic E-state index is 0.346. The summed E-state index contributed by atoms with van der Waals surface area (Å²) >= 11 is 1.51. The van der Waals surface area contributed by atoms with E-state index < -0.39 is 0 Å². The number of thiazole rings is 1. The van der Waals surface area contributed by atoms with Crippen molar-refractivity contribution in [3.05, 3.63) is 58.4 Å². The molecule has 2 heterocycles. The minimum atomic E-state index is 0.346. The van der Waals surface area contributed by atoms with Gasteiger partial charge < -0.3 is 5.73 Å². The first kappa shape index (κ1) is 13.7. The normalized spacial score (nSPS) is 11.3. The van der Waals surface area contributed by atoms with E-state index in [-0.39, 0.29) is 0 Å². The van der Waals surface area contributed by atoms with Crippen molar-refractivity contribution in [3.8, 4) is 5.13 Å². The Labute approximate surface area is 126 Å². The van der Waals surface area contributed by atoms with Crippen LogP contribution in [-0.4, -0.2) is 20.0 Å². The summed E-state index contributed by atoms with van der Waals surface area (Å²) in [5, 5.41) is 11.0. The summed E-state index contributed by atoms with van der Waals surface area (Å²) in [6, 6.07) is 8.32. The number of hydrogen-bond donors (Lipinski definition) is 1. The molecule has 0 unspecified atom stereocenters. The Morgan fingerprint density at radius 2 is 2.05 bits per heavy atom. The molecule has 106 valence electrons. The fraction of sp³-hybridized carbons (Fsp3) is 0.133. The molecular formula is C15H15N5S. The van der Waals surface area contributed by atoms with Gasteiger partial charge >= 0.3 is 0 Å². The van der Waals surface area contributed by atoms with Crippen LogP contribution in [0.5, 0.6) is 0 Å². The van der Waals surface area contributed by atoms with Gasteiger partial charge in [-0.3, -0.25) is 0 Å². The quantitative estimate of drug-likeness (QED) is 0.803. The molecule has 0 aliphatic carbocycles. The minimum Gasteiger partial charge on any atom is -0.325 e. The Balaban J connectivity index is 1.97. The highest BCUT2D eigenvalue weighted by Crippen LogP contribution is 2.17. The van der Waals surface area contributed by atoms with E-state index >= 15 is 0 Å². The highest BCUT2D eigenvalue weighted by Gasteiger charge is 2.12. The van der Waals surface area contributed by atoms with Gasteiger partial charge in [0.05, 0.1) is 5.69 Å². The van der Waals surface area contributed by atoms with Crippen molar-refractivity contribution < 1.29 is 0 Å². The topological polar surface area (TPSA) is 69.6 Å². The van der Waals surface area contributed by atoms with Crippen LogP contribution in [0.25, 0.3) is 17.3 Å². The van der Waals surface area contributed by atoms with E-state index in [0.717, 1.165) is 22.1 Å². The number of benzene rings is 1. The monoisotopic (exact) mass is 297 g/mol. The molecule has 2 N–H and O–H groups in total. The van der Waals surface area contributed by atoms with E-state index in [1.807, 2.05) is 17.5 Å². The lowest BCUT2D eigenvalue weighted by Crippen LogP contribution is -2.02. The third-order valence-corrected chi connectivity index (χ3v) is 3.83. The van der Waals surface area contributed by atoms with Gasteiger partial charge in [-0.05, 0) is 18.6 Å². The number of nitrogens with two attached hydrogens (primary N) is 1. The molecule has 3 rings (SSSR count). The van der Waals surface area contributed by atoms with Crippen molar-refractivity contribution in [1.82, 2.24) is 20.0 Å². The zero-order chi connectivity index (χ0) is 14.7. The fourth-order valence-corrected chi connectivity index (χ4v) is 2.55. The van der Waals surface area contributed by atoms with Gasteiger partial charge in [0.15, 0.2) is 0 Å². The molecule has 0 saturated heterocycles. The first-order valence-corrected chi connectivity index (χ1v) is 7.45. The molecule has 0 fully saturated rings. The fourth-order valence-electron chi connectivity index (χ4n) is 1.95. The largest absolute Gasteiger partial charge is 0.325 e. The highest BCUT2D eigenvalue weighted by atomic mass is 32.1. The number of rotatable bonds is 4. The molecule has 0 saturated carbocycles. The third kappa shape index (κ3) is 2.91. The zero-order valence-electron chi connectivity index (χ0n) is 11.6. The van der Waals surface area contributed by atoms with Gasteiger partial charge in [-0.2, -0.15) is 4.68 Å². The van der Waals surface area contributed by atoms with Crippen LogP contribution in [0.1, 0.15) is 22.5 Å². The van der Waals surface area contributed by atoms with E-state index in [9.17, 15) is 0 Å². The van der Waals surface area contributed by atoms with Crippen LogP contribution in [0.15, 0.2) is 35.8 Å². The van der Waals surface area contributed by atoms with Gasteiger partial charge in [0.25, 0.3) is 0 Å². The summed E-state index contributed by atoms with van der Waals surface area (Å²) < 4.78 is 1.72. The van der Waals surface area contributed by atoms with Crippen molar-refractivity contribution in [3.63, 3.8) is 0 Å². The second-order valence-corrected chi connectivity index (χ2v) is 5.47. The maximum atomic E-state index is 5.74. The molecule has 21 heavy (non-hydrogen) atoms. The lowest BCUT2D eigenvalue weighted by atomic mass is 10.1. The van der Waals surface area contributed by atoms with E-state index in [1.54, 1.807) is 10.9 Å². The summed E-state index contributed by atoms with van der Waals surface area (Å²) in [5.41, 5.74) is 9.73. The predicted molar refractivity (Wildman–Crippen MR) is 85.0 cm³/mol. The molecule has 0 atom stereocenters. The summed E-state index contributed by atoms with van der Waals surface area (Å²) in [6.07, 6.45) is 5.76. The standard InChI is InChI=1S/C15H15N5S/c1-11-2-4-12(5-3-11)6-7-14-13(10-16)18-19-20(14)15-17-8-9-21-15/h2-9H,10,16H2,1H3/b7-6+. The summed E-state index contributed by atoms with van der Waals surface area (Å²) in [5.74, 6) is 0. The van der Waals surface area contributed by atoms with Crippen molar-refractivity contribution in [2.45, 2.75) is 13.5 Å². The first-order chi connectivity index (χ1) is 10.3. The van der Waals surface area contributed by atoms with E-state index in [2.05, 4.69) is 46.5 Å². The van der Waals surface area contributed by atoms with Crippen LogP contribution >= 0.6 is 11.3 Å². The second kappa shape index (κ2) is 5.99. The van der Waals surface area contributed by atoms with E-state index in [1.165, 1.54) is 16.9 Å². The number of nitrogens with zero attached hydrogens (tertiary/aromatic N) is 4. The molecule has 0 bridgehead atoms. The second-order valence-electron chi connectivity index (χ2n) is 4.60. The summed E-state index contributed by atoms with van der Waals surface area (Å²) in [6.45, 7) is 2.42. The molecule has 1 aromatic carbocycles. The Morgan fingerprint density at radius 1 is 1.24 bits per heavy atom. The van der Waals surface area contributed by atoms with Crippen molar-refractivity contribution in [2.24, 2.45) is 5.73 Å². The van der Waals surface area contributed by atoms with Crippen LogP contribution in [0.2, 0.25) is 0 Å². The van der Waals surface area contributed by atoms with Crippen LogP contribution < -0.4 is 5.73 Å². The molecule has 5 nitrogen and oxygen atoms in total. The van der Waals surface area contributed by atoms with Crippen LogP contribution in [0.4, 0.5) is 0 Å². The molecule has 0 radical (unpaired) electrons. The first-order valence-electron chi connectivity index (χ1n) is 6.57. The van der Waals surface area contributed by atoms with Crippen molar-refractivity contribution in [1.29, 1.82) is 0 Å². The Bertz CT molecular complexity index is 741. The van der Waals surface area contributed by atoms with Crippen LogP contribution in [-0.2, 0) is 6.54 Å². The Hall–Kier alpha value is -2.31. The summed E-state index contributed by atoms with van der Waals surface area (Å²) in [7, 11) is 0. The lowest BCUT2D eigenvalue weighted by molar-refractivity contribution is 0.787. The molecule has 0 aliphatic heterocycles. The molecule has 6 heteroatoms. The maximum absolute atomic E-state index is 5.74. The van der Waals surface area contributed by atoms with Crippen molar-refractivity contribution >= 4 is 23.5 Å². The molecular weight excluding hydrogens is 282 g/mol. The maximum Gasteiger partial charge on any atom is 0.212 e. The average Bonchev–Trinajstić information content (AvgIpc) is 3.15. The van der Waals surface area contributed by atoms with Crippen LogP contribution in [0, 0.1) is 6.92 Å². The molecule has 2 aromatic heterocycles. The lowest BCUT2D eigenvalue weighted by Gasteiger charge is -2.00. The van der Waals surface area contributed by atoms with Crippen LogP contribution in [0.3, 0.4) is 0 Å². The highest BCUT2D eigenvalue weighted by molar-refractivity contribution is 7.12. The van der Waals surface area contributed by atoms with Gasteiger partial charge in [0, 0.05) is 18.1 Å². The summed E-state index contributed by atoms with van der Waals surface area (Å²) in [4.78, 5) is 4.27. The smallest absolute Gasteiger partial charge is 0.212 e. The van der Waals surface area contributed by atoms with Gasteiger partial charge in [-0.25, -0.2) is 4.98 Å². The molecule has 0 aliphatic rings. The SMILES string of the molecule is Cc1ccc(/C=C/c2c(CN)nnn2-c2nccs2)cc1. The van der Waals surface area contributed by atoms with Gasteiger partial charge in [-0.15, -0.1) is 16.4 Å². The van der Waals surface area contributed by atoms with Gasteiger partial charge in [-0.1, -0.05) is 41.1 Å². The van der Waals surface area contributed by atoms with E-state index in [0.29, 0.717) is 6.54 Å². The number of hydrogen-bond acceptors (Lipinski definition) is 5.